The van der Waals surface area contributed by atoms with Gasteiger partial charge in [-0.2, -0.15) is 0 Å². The number of aromatic nitrogens is 2. The number of nitrogens with zero attached hydrogens (tertiary/aromatic N) is 2. The monoisotopic (exact) mass is 748 g/mol. The molecule has 0 atom stereocenters. The highest BCUT2D eigenvalue weighted by atomic mass is 15.0. The van der Waals surface area contributed by atoms with Crippen LogP contribution in [0, 0.1) is 0 Å². The number of pyridine rings is 1. The first-order valence-corrected chi connectivity index (χ1v) is 20.3. The molecule has 2 heterocycles. The molecule has 0 bridgehead atoms. The smallest absolute Gasteiger partial charge is 0.137 e. The summed E-state index contributed by atoms with van der Waals surface area (Å²) >= 11 is 0. The minimum Gasteiger partial charge on any atom is -0.306 e. The first-order valence-electron chi connectivity index (χ1n) is 20.3. The van der Waals surface area contributed by atoms with Crippen LogP contribution in [0.25, 0.3) is 116 Å². The third kappa shape index (κ3) is 5.38. The lowest BCUT2D eigenvalue weighted by molar-refractivity contribution is 1.19. The highest BCUT2D eigenvalue weighted by Gasteiger charge is 2.31. The Morgan fingerprint density at radius 1 is 0.288 bits per heavy atom. The van der Waals surface area contributed by atoms with E-state index in [2.05, 4.69) is 199 Å². The zero-order valence-corrected chi connectivity index (χ0v) is 32.2. The number of hydrogen-bond acceptors (Lipinski definition) is 1. The van der Waals surface area contributed by atoms with Gasteiger partial charge in [0.05, 0.1) is 5.69 Å². The Labute approximate surface area is 343 Å². The fraction of sp³-hybridized carbons (Fsp3) is 0. The highest BCUT2D eigenvalue weighted by molar-refractivity contribution is 6.28. The van der Waals surface area contributed by atoms with Crippen LogP contribution in [0.1, 0.15) is 0 Å². The summed E-state index contributed by atoms with van der Waals surface area (Å²) in [6.45, 7) is 0. The van der Waals surface area contributed by atoms with E-state index in [4.69, 9.17) is 4.98 Å². The molecule has 2 heteroatoms. The first-order chi connectivity index (χ1) is 29.3. The molecule has 0 N–H and O–H groups in total. The van der Waals surface area contributed by atoms with Gasteiger partial charge in [0, 0.05) is 18.0 Å². The predicted octanol–water partition coefficient (Wildman–Crippen LogP) is 15.3. The van der Waals surface area contributed by atoms with Crippen molar-refractivity contribution in [2.45, 2.75) is 0 Å². The van der Waals surface area contributed by atoms with Crippen molar-refractivity contribution in [3.05, 3.63) is 219 Å². The fourth-order valence-electron chi connectivity index (χ4n) is 9.47. The SMILES string of the molecule is c1ccc(-c2c3c(c(-c4ccccc4)c4ccccc24)-c2ccc(-c4ccc(-c5ccc(-c6ccc(-c7cn8ccccc8n7)cc6)cc5)cc4)c4cccc-3c24)cc1. The Morgan fingerprint density at radius 2 is 0.746 bits per heavy atom. The van der Waals surface area contributed by atoms with Gasteiger partial charge in [0.15, 0.2) is 0 Å². The van der Waals surface area contributed by atoms with Gasteiger partial charge in [-0.25, -0.2) is 4.98 Å². The number of hydrogen-bond donors (Lipinski definition) is 0. The standard InChI is InChI=1S/C57H36N2/c1-3-12-43(13-4-1)53-47-16-7-8-17-48(47)54(44-14-5-2-6-15-44)57-50-34-33-45(46-18-11-19-49(55(46)50)56(53)57)41-29-25-39(26-30-41)37-21-23-38(24-22-37)40-27-31-42(32-28-40)51-36-59-35-10-9-20-52(59)58-51/h1-36H. The number of imidazole rings is 1. The van der Waals surface area contributed by atoms with Gasteiger partial charge in [-0.3, -0.25) is 0 Å². The van der Waals surface area contributed by atoms with E-state index < -0.39 is 0 Å². The fourth-order valence-corrected chi connectivity index (χ4v) is 9.47. The molecule has 2 nitrogen and oxygen atoms in total. The predicted molar refractivity (Wildman–Crippen MR) is 247 cm³/mol. The number of fused-ring (bicyclic) bond motifs is 5. The molecule has 0 unspecified atom stereocenters. The van der Waals surface area contributed by atoms with E-state index in [1.54, 1.807) is 0 Å². The van der Waals surface area contributed by atoms with Crippen molar-refractivity contribution >= 4 is 27.2 Å². The average molecular weight is 749 g/mol. The number of benzene rings is 9. The Hall–Kier alpha value is -7.81. The molecule has 0 aliphatic heterocycles. The van der Waals surface area contributed by atoms with Crippen LogP contribution >= 0.6 is 0 Å². The normalized spacial score (nSPS) is 11.7. The molecule has 11 aromatic rings. The van der Waals surface area contributed by atoms with Crippen LogP contribution in [0.15, 0.2) is 219 Å². The van der Waals surface area contributed by atoms with Gasteiger partial charge in [-0.15, -0.1) is 0 Å². The molecule has 1 aliphatic rings. The molecular weight excluding hydrogens is 713 g/mol. The molecule has 0 amide bonds. The van der Waals surface area contributed by atoms with Gasteiger partial charge in [-0.05, 0) is 112 Å². The molecule has 2 aromatic heterocycles. The summed E-state index contributed by atoms with van der Waals surface area (Å²) in [7, 11) is 0. The van der Waals surface area contributed by atoms with Crippen LogP contribution in [-0.4, -0.2) is 9.38 Å². The van der Waals surface area contributed by atoms with E-state index in [0.29, 0.717) is 0 Å². The zero-order chi connectivity index (χ0) is 38.9. The number of rotatable bonds is 6. The lowest BCUT2D eigenvalue weighted by atomic mass is 9.82. The van der Waals surface area contributed by atoms with Crippen LogP contribution in [-0.2, 0) is 0 Å². The average Bonchev–Trinajstić information content (AvgIpc) is 3.90. The van der Waals surface area contributed by atoms with Crippen molar-refractivity contribution in [2.75, 3.05) is 0 Å². The molecule has 0 saturated carbocycles. The summed E-state index contributed by atoms with van der Waals surface area (Å²) in [4.78, 5) is 4.79. The summed E-state index contributed by atoms with van der Waals surface area (Å²) in [6.07, 6.45) is 4.12. The van der Waals surface area contributed by atoms with Gasteiger partial charge >= 0.3 is 0 Å². The molecule has 1 aliphatic carbocycles. The lowest BCUT2D eigenvalue weighted by Crippen LogP contribution is -1.93. The maximum absolute atomic E-state index is 4.79. The van der Waals surface area contributed by atoms with Crippen molar-refractivity contribution in [1.29, 1.82) is 0 Å². The Morgan fingerprint density at radius 3 is 1.31 bits per heavy atom. The van der Waals surface area contributed by atoms with E-state index in [1.807, 2.05) is 24.4 Å². The second-order valence-electron chi connectivity index (χ2n) is 15.5. The molecule has 274 valence electrons. The summed E-state index contributed by atoms with van der Waals surface area (Å²) in [5.74, 6) is 0. The second-order valence-corrected chi connectivity index (χ2v) is 15.5. The van der Waals surface area contributed by atoms with Crippen molar-refractivity contribution in [3.8, 4) is 89.1 Å². The van der Waals surface area contributed by atoms with Gasteiger partial charge in [0.25, 0.3) is 0 Å². The van der Waals surface area contributed by atoms with Crippen LogP contribution < -0.4 is 0 Å². The van der Waals surface area contributed by atoms with Crippen LogP contribution in [0.5, 0.6) is 0 Å². The Bertz CT molecular complexity index is 3250. The van der Waals surface area contributed by atoms with Crippen LogP contribution in [0.3, 0.4) is 0 Å². The summed E-state index contributed by atoms with van der Waals surface area (Å²) in [6, 6.07) is 75.2. The van der Waals surface area contributed by atoms with E-state index in [1.165, 1.54) is 99.4 Å². The minimum absolute atomic E-state index is 0.954. The minimum atomic E-state index is 0.954. The second kappa shape index (κ2) is 13.4. The molecule has 9 aromatic carbocycles. The molecule has 12 rings (SSSR count). The molecule has 0 saturated heterocycles. The highest BCUT2D eigenvalue weighted by Crippen LogP contribution is 2.58. The summed E-state index contributed by atoms with van der Waals surface area (Å²) in [5, 5.41) is 5.17. The van der Waals surface area contributed by atoms with E-state index in [9.17, 15) is 0 Å². The topological polar surface area (TPSA) is 17.3 Å². The quantitative estimate of drug-likeness (QED) is 0.166. The molecule has 0 radical (unpaired) electrons. The summed E-state index contributed by atoms with van der Waals surface area (Å²) in [5.41, 5.74) is 20.6. The third-order valence-electron chi connectivity index (χ3n) is 12.2. The van der Waals surface area contributed by atoms with Gasteiger partial charge < -0.3 is 4.40 Å². The van der Waals surface area contributed by atoms with Gasteiger partial charge in [-0.1, -0.05) is 194 Å². The van der Waals surface area contributed by atoms with Crippen molar-refractivity contribution < 1.29 is 0 Å². The maximum Gasteiger partial charge on any atom is 0.137 e. The first kappa shape index (κ1) is 33.3. The maximum atomic E-state index is 4.79. The summed E-state index contributed by atoms with van der Waals surface area (Å²) < 4.78 is 2.06. The molecular formula is C57H36N2. The van der Waals surface area contributed by atoms with Crippen molar-refractivity contribution in [1.82, 2.24) is 9.38 Å². The van der Waals surface area contributed by atoms with Crippen molar-refractivity contribution in [3.63, 3.8) is 0 Å². The third-order valence-corrected chi connectivity index (χ3v) is 12.2. The lowest BCUT2D eigenvalue weighted by Gasteiger charge is -2.20. The van der Waals surface area contributed by atoms with E-state index in [0.717, 1.165) is 16.9 Å². The van der Waals surface area contributed by atoms with Gasteiger partial charge in [0.2, 0.25) is 0 Å². The Balaban J connectivity index is 0.913. The Kier molecular flexibility index (Phi) is 7.57. The van der Waals surface area contributed by atoms with Crippen LogP contribution in [0.4, 0.5) is 0 Å². The molecule has 59 heavy (non-hydrogen) atoms. The zero-order valence-electron chi connectivity index (χ0n) is 32.2. The van der Waals surface area contributed by atoms with Crippen LogP contribution in [0.2, 0.25) is 0 Å². The van der Waals surface area contributed by atoms with Crippen molar-refractivity contribution in [2.24, 2.45) is 0 Å². The van der Waals surface area contributed by atoms with E-state index >= 15 is 0 Å². The molecule has 0 spiro atoms. The van der Waals surface area contributed by atoms with Gasteiger partial charge in [0.1, 0.15) is 5.65 Å². The molecule has 0 fully saturated rings. The largest absolute Gasteiger partial charge is 0.306 e. The van der Waals surface area contributed by atoms with E-state index in [-0.39, 0.29) is 0 Å².